The molecule has 0 aliphatic heterocycles. The first-order valence-electron chi connectivity index (χ1n) is 12.1. The first-order valence-corrected chi connectivity index (χ1v) is 12.1. The Labute approximate surface area is 217 Å². The maximum absolute atomic E-state index is 13.0. The highest BCUT2D eigenvalue weighted by Crippen LogP contribution is 2.31. The quantitative estimate of drug-likeness (QED) is 0.338. The van der Waals surface area contributed by atoms with E-state index in [1.54, 1.807) is 75.5 Å². The average molecular weight is 510 g/mol. The molecule has 9 nitrogen and oxygen atoms in total. The second-order valence-corrected chi connectivity index (χ2v) is 10.5. The minimum absolute atomic E-state index is 0.271. The van der Waals surface area contributed by atoms with Gasteiger partial charge in [0.2, 0.25) is 0 Å². The third-order valence-corrected chi connectivity index (χ3v) is 4.92. The van der Waals surface area contributed by atoms with Crippen LogP contribution in [0.2, 0.25) is 0 Å². The predicted molar refractivity (Wildman–Crippen MR) is 143 cm³/mol. The van der Waals surface area contributed by atoms with E-state index in [0.29, 0.717) is 29.0 Å². The molecule has 0 aliphatic rings. The van der Waals surface area contributed by atoms with E-state index in [1.165, 1.54) is 0 Å². The number of aromatic nitrogens is 1. The topological polar surface area (TPSA) is 110 Å². The van der Waals surface area contributed by atoms with Crippen LogP contribution in [0.5, 0.6) is 5.75 Å². The number of rotatable bonds is 8. The summed E-state index contributed by atoms with van der Waals surface area (Å²) < 4.78 is 11.1. The van der Waals surface area contributed by atoms with Gasteiger partial charge in [-0.25, -0.2) is 14.6 Å². The number of hydrogen-bond donors (Lipinski definition) is 2. The van der Waals surface area contributed by atoms with E-state index >= 15 is 0 Å². The molecule has 1 unspecified atom stereocenters. The highest BCUT2D eigenvalue weighted by atomic mass is 16.7. The van der Waals surface area contributed by atoms with E-state index < -0.39 is 29.3 Å². The number of hydrogen-bond acceptors (Lipinski definition) is 7. The van der Waals surface area contributed by atoms with Crippen LogP contribution in [-0.2, 0) is 14.4 Å². The van der Waals surface area contributed by atoms with Gasteiger partial charge in [0.05, 0.1) is 12.2 Å². The average Bonchev–Trinajstić information content (AvgIpc) is 2.79. The van der Waals surface area contributed by atoms with Gasteiger partial charge in [-0.05, 0) is 95.8 Å². The van der Waals surface area contributed by atoms with E-state index in [1.807, 2.05) is 27.7 Å². The van der Waals surface area contributed by atoms with Crippen LogP contribution in [0.15, 0.2) is 54.7 Å². The number of nitrogens with zero attached hydrogens (tertiary/aromatic N) is 2. The van der Waals surface area contributed by atoms with Crippen LogP contribution in [0.1, 0.15) is 60.1 Å². The fourth-order valence-corrected chi connectivity index (χ4v) is 3.56. The Bertz CT molecular complexity index is 1260. The lowest BCUT2D eigenvalue weighted by Crippen LogP contribution is -2.42. The number of hydroxylamine groups is 1. The standard InChI is InChI=1S/C28H35N3O6/c1-8-35-21-11-9-10-19(17-21)23(25(32)33)30-20-12-13-22-18(16-20)14-15-29-24(22)31(37-28(5,6)7)26(34)36-27(2,3)4/h9-17,23,30H,8H2,1-7H3,(H,32,33). The Kier molecular flexibility index (Phi) is 8.28. The second-order valence-electron chi connectivity index (χ2n) is 10.5. The lowest BCUT2D eigenvalue weighted by atomic mass is 10.1. The molecule has 1 amide bonds. The third kappa shape index (κ3) is 7.57. The number of carboxylic acid groups (broad SMARTS) is 1. The number of carboxylic acids is 1. The minimum atomic E-state index is -1.03. The Morgan fingerprint density at radius 3 is 2.38 bits per heavy atom. The van der Waals surface area contributed by atoms with Crippen molar-refractivity contribution in [3.63, 3.8) is 0 Å². The van der Waals surface area contributed by atoms with Gasteiger partial charge in [-0.3, -0.25) is 4.84 Å². The van der Waals surface area contributed by atoms with Gasteiger partial charge in [-0.15, -0.1) is 5.06 Å². The summed E-state index contributed by atoms with van der Waals surface area (Å²) in [5, 5.41) is 15.4. The van der Waals surface area contributed by atoms with Gasteiger partial charge in [0, 0.05) is 17.3 Å². The Morgan fingerprint density at radius 1 is 1.03 bits per heavy atom. The van der Waals surface area contributed by atoms with Crippen LogP contribution in [0.3, 0.4) is 0 Å². The number of ether oxygens (including phenoxy) is 2. The largest absolute Gasteiger partial charge is 0.494 e. The van der Waals surface area contributed by atoms with Crippen LogP contribution < -0.4 is 15.1 Å². The molecule has 1 atom stereocenters. The van der Waals surface area contributed by atoms with E-state index in [0.717, 1.165) is 10.4 Å². The minimum Gasteiger partial charge on any atom is -0.494 e. The smallest absolute Gasteiger partial charge is 0.440 e. The molecule has 3 rings (SSSR count). The zero-order chi connectivity index (χ0) is 27.4. The maximum Gasteiger partial charge on any atom is 0.440 e. The molecule has 198 valence electrons. The summed E-state index contributed by atoms with van der Waals surface area (Å²) in [4.78, 5) is 35.5. The molecule has 9 heteroatoms. The molecule has 0 radical (unpaired) electrons. The molecule has 37 heavy (non-hydrogen) atoms. The van der Waals surface area contributed by atoms with Gasteiger partial charge in [0.25, 0.3) is 0 Å². The number of carbonyl (C=O) groups excluding carboxylic acids is 1. The Morgan fingerprint density at radius 2 is 1.76 bits per heavy atom. The van der Waals surface area contributed by atoms with Gasteiger partial charge in [0.15, 0.2) is 11.9 Å². The molecule has 3 aromatic rings. The molecule has 0 fully saturated rings. The van der Waals surface area contributed by atoms with Gasteiger partial charge >= 0.3 is 12.1 Å². The number of anilines is 2. The van der Waals surface area contributed by atoms with Crippen molar-refractivity contribution in [1.82, 2.24) is 4.98 Å². The molecule has 0 saturated carbocycles. The summed E-state index contributed by atoms with van der Waals surface area (Å²) in [6, 6.07) is 13.1. The molecule has 2 aromatic carbocycles. The number of pyridine rings is 1. The van der Waals surface area contributed by atoms with Crippen molar-refractivity contribution in [2.24, 2.45) is 0 Å². The van der Waals surface area contributed by atoms with Crippen molar-refractivity contribution >= 4 is 34.3 Å². The molecule has 1 heterocycles. The summed E-state index contributed by atoms with van der Waals surface area (Å²) in [5.74, 6) is -0.158. The zero-order valence-corrected chi connectivity index (χ0v) is 22.4. The van der Waals surface area contributed by atoms with Crippen molar-refractivity contribution in [2.75, 3.05) is 17.0 Å². The zero-order valence-electron chi connectivity index (χ0n) is 22.4. The molecule has 0 aliphatic carbocycles. The van der Waals surface area contributed by atoms with Crippen molar-refractivity contribution in [1.29, 1.82) is 0 Å². The van der Waals surface area contributed by atoms with Gasteiger partial charge < -0.3 is 19.9 Å². The third-order valence-electron chi connectivity index (χ3n) is 4.92. The summed E-state index contributed by atoms with van der Waals surface area (Å²) in [6.45, 7) is 13.1. The number of amides is 1. The molecule has 0 bridgehead atoms. The highest BCUT2D eigenvalue weighted by molar-refractivity contribution is 5.99. The Hall–Kier alpha value is -3.85. The predicted octanol–water partition coefficient (Wildman–Crippen LogP) is 6.34. The second kappa shape index (κ2) is 11.0. The van der Waals surface area contributed by atoms with Crippen LogP contribution >= 0.6 is 0 Å². The van der Waals surface area contributed by atoms with Crippen LogP contribution in [0.25, 0.3) is 10.8 Å². The normalized spacial score (nSPS) is 12.6. The summed E-state index contributed by atoms with van der Waals surface area (Å²) in [6.07, 6.45) is 0.871. The van der Waals surface area contributed by atoms with E-state index in [-0.39, 0.29) is 5.82 Å². The van der Waals surface area contributed by atoms with Crippen LogP contribution in [-0.4, -0.2) is 40.0 Å². The van der Waals surface area contributed by atoms with Crippen molar-refractivity contribution in [3.8, 4) is 5.75 Å². The van der Waals surface area contributed by atoms with Crippen molar-refractivity contribution < 1.29 is 29.0 Å². The monoisotopic (exact) mass is 509 g/mol. The lowest BCUT2D eigenvalue weighted by Gasteiger charge is -2.31. The number of nitrogens with one attached hydrogen (secondary N) is 1. The number of fused-ring (bicyclic) bond motifs is 1. The van der Waals surface area contributed by atoms with Gasteiger partial charge in [-0.1, -0.05) is 12.1 Å². The molecular formula is C28H35N3O6. The summed E-state index contributed by atoms with van der Waals surface area (Å²) in [5.41, 5.74) is -0.292. The number of carbonyl (C=O) groups is 2. The molecule has 0 saturated heterocycles. The maximum atomic E-state index is 13.0. The number of aliphatic carboxylic acids is 1. The summed E-state index contributed by atoms with van der Waals surface area (Å²) in [7, 11) is 0. The van der Waals surface area contributed by atoms with E-state index in [9.17, 15) is 14.7 Å². The first kappa shape index (κ1) is 27.7. The first-order chi connectivity index (χ1) is 17.3. The van der Waals surface area contributed by atoms with Gasteiger partial charge in [-0.2, -0.15) is 0 Å². The fourth-order valence-electron chi connectivity index (χ4n) is 3.56. The summed E-state index contributed by atoms with van der Waals surface area (Å²) >= 11 is 0. The molecule has 2 N–H and O–H groups in total. The molecule has 1 aromatic heterocycles. The van der Waals surface area contributed by atoms with E-state index in [2.05, 4.69) is 10.3 Å². The highest BCUT2D eigenvalue weighted by Gasteiger charge is 2.30. The molecular weight excluding hydrogens is 474 g/mol. The lowest BCUT2D eigenvalue weighted by molar-refractivity contribution is -0.138. The van der Waals surface area contributed by atoms with Crippen molar-refractivity contribution in [3.05, 3.63) is 60.3 Å². The van der Waals surface area contributed by atoms with Crippen molar-refractivity contribution in [2.45, 2.75) is 65.7 Å². The van der Waals surface area contributed by atoms with E-state index in [4.69, 9.17) is 14.3 Å². The van der Waals surface area contributed by atoms with Gasteiger partial charge in [0.1, 0.15) is 11.4 Å². The number of benzene rings is 2. The van der Waals surface area contributed by atoms with Crippen LogP contribution in [0, 0.1) is 0 Å². The SMILES string of the molecule is CCOc1cccc(C(Nc2ccc3c(N(OC(C)(C)C)C(=O)OC(C)(C)C)nccc3c2)C(=O)O)c1. The molecule has 0 spiro atoms. The Balaban J connectivity index is 1.98. The van der Waals surface area contributed by atoms with Crippen LogP contribution in [0.4, 0.5) is 16.3 Å². The fraction of sp³-hybridized carbons (Fsp3) is 0.393.